The standard InChI is InChI=1S/C23H34O4/c1-19(18-24)10-7-5-3-2-4-6-8-11-20(14-15-23(26)27)16-21-12-9-13-22(25)17-21/h9,12-15,17-20,25H,2-8,10-11,16H2,1H3,(H,26,27)/t19-,20+/m0/s1. The Labute approximate surface area is 163 Å². The number of carbonyl (C=O) groups excluding carboxylic acids is 1. The molecule has 0 unspecified atom stereocenters. The van der Waals surface area contributed by atoms with Crippen molar-refractivity contribution in [1.29, 1.82) is 0 Å². The minimum atomic E-state index is -0.917. The molecule has 0 aliphatic carbocycles. The summed E-state index contributed by atoms with van der Waals surface area (Å²) in [5, 5.41) is 18.5. The molecule has 27 heavy (non-hydrogen) atoms. The molecule has 1 aromatic carbocycles. The molecule has 150 valence electrons. The summed E-state index contributed by atoms with van der Waals surface area (Å²) in [5.74, 6) is -0.309. The summed E-state index contributed by atoms with van der Waals surface area (Å²) in [5.41, 5.74) is 1.03. The fourth-order valence-corrected chi connectivity index (χ4v) is 3.30. The second-order valence-electron chi connectivity index (χ2n) is 7.50. The van der Waals surface area contributed by atoms with Crippen LogP contribution in [0.4, 0.5) is 0 Å². The van der Waals surface area contributed by atoms with Crippen LogP contribution in [0.25, 0.3) is 0 Å². The van der Waals surface area contributed by atoms with Crippen LogP contribution in [-0.2, 0) is 16.0 Å². The Morgan fingerprint density at radius 3 is 2.26 bits per heavy atom. The van der Waals surface area contributed by atoms with E-state index in [2.05, 4.69) is 0 Å². The number of hydrogen-bond acceptors (Lipinski definition) is 3. The van der Waals surface area contributed by atoms with Gasteiger partial charge < -0.3 is 15.0 Å². The summed E-state index contributed by atoms with van der Waals surface area (Å²) in [4.78, 5) is 21.4. The Kier molecular flexibility index (Phi) is 11.9. The van der Waals surface area contributed by atoms with Gasteiger partial charge in [-0.15, -0.1) is 0 Å². The first-order chi connectivity index (χ1) is 13.0. The Bertz CT molecular complexity index is 579. The molecule has 0 spiro atoms. The Hall–Kier alpha value is -2.10. The summed E-state index contributed by atoms with van der Waals surface area (Å²) in [6.45, 7) is 1.97. The van der Waals surface area contributed by atoms with Gasteiger partial charge in [0, 0.05) is 12.0 Å². The molecule has 0 amide bonds. The van der Waals surface area contributed by atoms with Crippen LogP contribution in [0.1, 0.15) is 70.3 Å². The first kappa shape index (κ1) is 22.9. The number of hydrogen-bond donors (Lipinski definition) is 2. The van der Waals surface area contributed by atoms with E-state index in [1.165, 1.54) is 31.8 Å². The number of aromatic hydroxyl groups is 1. The van der Waals surface area contributed by atoms with Crippen LogP contribution in [0.2, 0.25) is 0 Å². The van der Waals surface area contributed by atoms with Crippen LogP contribution in [0, 0.1) is 11.8 Å². The average Bonchev–Trinajstić information content (AvgIpc) is 2.64. The van der Waals surface area contributed by atoms with Crippen LogP contribution >= 0.6 is 0 Å². The summed E-state index contributed by atoms with van der Waals surface area (Å²) in [6.07, 6.45) is 14.9. The number of phenolic OH excluding ortho intramolecular Hbond substituents is 1. The van der Waals surface area contributed by atoms with Crippen LogP contribution in [0.5, 0.6) is 5.75 Å². The minimum absolute atomic E-state index is 0.174. The van der Waals surface area contributed by atoms with Gasteiger partial charge >= 0.3 is 5.97 Å². The van der Waals surface area contributed by atoms with Crippen molar-refractivity contribution >= 4 is 12.3 Å². The zero-order chi connectivity index (χ0) is 19.9. The molecule has 4 nitrogen and oxygen atoms in total. The third-order valence-corrected chi connectivity index (χ3v) is 4.89. The van der Waals surface area contributed by atoms with E-state index in [1.54, 1.807) is 18.2 Å². The van der Waals surface area contributed by atoms with E-state index < -0.39 is 5.97 Å². The number of phenols is 1. The molecule has 0 aromatic heterocycles. The van der Waals surface area contributed by atoms with Gasteiger partial charge in [-0.2, -0.15) is 0 Å². The molecule has 1 aromatic rings. The smallest absolute Gasteiger partial charge is 0.327 e. The second kappa shape index (κ2) is 14.0. The van der Waals surface area contributed by atoms with Crippen LogP contribution < -0.4 is 0 Å². The van der Waals surface area contributed by atoms with Gasteiger partial charge in [0.2, 0.25) is 0 Å². The SMILES string of the molecule is C[C@H](C=O)CCCCCCCCC[C@H](C=CC(=O)O)Cc1cccc(O)c1. The molecule has 0 fully saturated rings. The number of allylic oxidation sites excluding steroid dienone is 1. The first-order valence-electron chi connectivity index (χ1n) is 10.2. The van der Waals surface area contributed by atoms with Gasteiger partial charge in [-0.05, 0) is 42.9 Å². The lowest BCUT2D eigenvalue weighted by molar-refractivity contribution is -0.131. The maximum absolute atomic E-state index is 10.8. The van der Waals surface area contributed by atoms with Crippen molar-refractivity contribution in [3.05, 3.63) is 42.0 Å². The van der Waals surface area contributed by atoms with Crippen LogP contribution in [0.3, 0.4) is 0 Å². The van der Waals surface area contributed by atoms with E-state index in [4.69, 9.17) is 5.11 Å². The topological polar surface area (TPSA) is 74.6 Å². The molecule has 0 bridgehead atoms. The summed E-state index contributed by atoms with van der Waals surface area (Å²) < 4.78 is 0. The third-order valence-electron chi connectivity index (χ3n) is 4.89. The molecule has 0 radical (unpaired) electrons. The number of carboxylic acid groups (broad SMARTS) is 1. The van der Waals surface area contributed by atoms with Crippen molar-refractivity contribution in [3.63, 3.8) is 0 Å². The van der Waals surface area contributed by atoms with Gasteiger partial charge in [0.15, 0.2) is 0 Å². The number of aliphatic carboxylic acids is 1. The lowest BCUT2D eigenvalue weighted by atomic mass is 9.92. The van der Waals surface area contributed by atoms with Crippen LogP contribution in [0.15, 0.2) is 36.4 Å². The van der Waals surface area contributed by atoms with Gasteiger partial charge in [0.1, 0.15) is 12.0 Å². The normalized spacial score (nSPS) is 13.5. The number of rotatable bonds is 15. The summed E-state index contributed by atoms with van der Waals surface area (Å²) >= 11 is 0. The minimum Gasteiger partial charge on any atom is -0.508 e. The fourth-order valence-electron chi connectivity index (χ4n) is 3.30. The zero-order valence-electron chi connectivity index (χ0n) is 16.5. The van der Waals surface area contributed by atoms with E-state index in [-0.39, 0.29) is 17.6 Å². The molecule has 0 aliphatic heterocycles. The molecular formula is C23H34O4. The van der Waals surface area contributed by atoms with Gasteiger partial charge in [-0.25, -0.2) is 4.79 Å². The van der Waals surface area contributed by atoms with Crippen molar-refractivity contribution in [3.8, 4) is 5.75 Å². The lowest BCUT2D eigenvalue weighted by Gasteiger charge is -2.13. The van der Waals surface area contributed by atoms with E-state index >= 15 is 0 Å². The number of benzene rings is 1. The number of unbranched alkanes of at least 4 members (excludes halogenated alkanes) is 6. The summed E-state index contributed by atoms with van der Waals surface area (Å²) in [7, 11) is 0. The van der Waals surface area contributed by atoms with E-state index in [0.29, 0.717) is 0 Å². The van der Waals surface area contributed by atoms with E-state index in [1.807, 2.05) is 19.1 Å². The maximum Gasteiger partial charge on any atom is 0.327 e. The second-order valence-corrected chi connectivity index (χ2v) is 7.50. The Morgan fingerprint density at radius 2 is 1.67 bits per heavy atom. The zero-order valence-corrected chi connectivity index (χ0v) is 16.5. The molecule has 2 N–H and O–H groups in total. The van der Waals surface area contributed by atoms with Gasteiger partial charge in [-0.3, -0.25) is 0 Å². The summed E-state index contributed by atoms with van der Waals surface area (Å²) in [6, 6.07) is 7.17. The van der Waals surface area contributed by atoms with Crippen molar-refractivity contribution < 1.29 is 19.8 Å². The molecule has 2 atom stereocenters. The van der Waals surface area contributed by atoms with Crippen LogP contribution in [-0.4, -0.2) is 22.5 Å². The predicted octanol–water partition coefficient (Wildman–Crippen LogP) is 5.54. The number of carboxylic acids is 1. The molecule has 0 saturated carbocycles. The molecule has 4 heteroatoms. The van der Waals surface area contributed by atoms with Gasteiger partial charge in [0.05, 0.1) is 0 Å². The highest BCUT2D eigenvalue weighted by atomic mass is 16.4. The quantitative estimate of drug-likeness (QED) is 0.240. The maximum atomic E-state index is 10.8. The average molecular weight is 375 g/mol. The Morgan fingerprint density at radius 1 is 1.04 bits per heavy atom. The highest BCUT2D eigenvalue weighted by Gasteiger charge is 2.08. The van der Waals surface area contributed by atoms with Crippen molar-refractivity contribution in [1.82, 2.24) is 0 Å². The van der Waals surface area contributed by atoms with Gasteiger partial charge in [-0.1, -0.05) is 70.1 Å². The molecule has 0 saturated heterocycles. The molecular weight excluding hydrogens is 340 g/mol. The van der Waals surface area contributed by atoms with E-state index in [0.717, 1.165) is 50.4 Å². The highest BCUT2D eigenvalue weighted by Crippen LogP contribution is 2.21. The largest absolute Gasteiger partial charge is 0.508 e. The highest BCUT2D eigenvalue weighted by molar-refractivity contribution is 5.79. The molecule has 1 rings (SSSR count). The van der Waals surface area contributed by atoms with Crippen molar-refractivity contribution in [2.75, 3.05) is 0 Å². The van der Waals surface area contributed by atoms with Crippen molar-refractivity contribution in [2.45, 2.75) is 71.1 Å². The number of aldehydes is 1. The van der Waals surface area contributed by atoms with Gasteiger partial charge in [0.25, 0.3) is 0 Å². The third kappa shape index (κ3) is 12.0. The molecule has 0 aliphatic rings. The monoisotopic (exact) mass is 374 g/mol. The molecule has 0 heterocycles. The Balaban J connectivity index is 2.25. The van der Waals surface area contributed by atoms with E-state index in [9.17, 15) is 14.7 Å². The number of carbonyl (C=O) groups is 2. The predicted molar refractivity (Wildman–Crippen MR) is 109 cm³/mol. The van der Waals surface area contributed by atoms with Crippen molar-refractivity contribution in [2.24, 2.45) is 11.8 Å². The first-order valence-corrected chi connectivity index (χ1v) is 10.2. The lowest BCUT2D eigenvalue weighted by Crippen LogP contribution is -2.03. The fraction of sp³-hybridized carbons (Fsp3) is 0.565.